The Morgan fingerprint density at radius 2 is 1.78 bits per heavy atom. The van der Waals surface area contributed by atoms with E-state index in [2.05, 4.69) is 0 Å². The Hall–Kier alpha value is -1.69. The first-order valence-electron chi connectivity index (χ1n) is 6.58. The fourth-order valence-corrected chi connectivity index (χ4v) is 3.11. The molecule has 0 amide bonds. The van der Waals surface area contributed by atoms with Crippen LogP contribution in [-0.4, -0.2) is 58.3 Å². The largest absolute Gasteiger partial charge is 0.460 e. The number of aliphatic hydroxyl groups is 3. The Morgan fingerprint density at radius 3 is 2.48 bits per heavy atom. The zero-order valence-corrected chi connectivity index (χ0v) is 12.3. The fraction of sp³-hybridized carbons (Fsp3) is 0.385. The highest BCUT2D eigenvalue weighted by Crippen LogP contribution is 2.36. The van der Waals surface area contributed by atoms with Gasteiger partial charge in [-0.05, 0) is 24.3 Å². The van der Waals surface area contributed by atoms with Crippen LogP contribution in [0, 0.1) is 0 Å². The Morgan fingerprint density at radius 1 is 1.04 bits per heavy atom. The van der Waals surface area contributed by atoms with Crippen molar-refractivity contribution >= 4 is 10.1 Å². The maximum absolute atomic E-state index is 11.2. The minimum absolute atomic E-state index is 0.141. The van der Waals surface area contributed by atoms with Crippen molar-refractivity contribution in [3.05, 3.63) is 30.5 Å². The highest BCUT2D eigenvalue weighted by atomic mass is 32.2. The summed E-state index contributed by atoms with van der Waals surface area (Å²) >= 11 is 0. The van der Waals surface area contributed by atoms with Crippen molar-refractivity contribution < 1.29 is 42.2 Å². The second-order valence-corrected chi connectivity index (χ2v) is 6.57. The third-order valence-electron chi connectivity index (χ3n) is 3.50. The summed E-state index contributed by atoms with van der Waals surface area (Å²) in [6.45, 7) is 0. The van der Waals surface area contributed by atoms with E-state index < -0.39 is 40.2 Å². The molecule has 2 aliphatic heterocycles. The molecule has 0 aromatic heterocycles. The summed E-state index contributed by atoms with van der Waals surface area (Å²) in [5, 5.41) is 29.2. The van der Waals surface area contributed by atoms with E-state index in [9.17, 15) is 23.7 Å². The van der Waals surface area contributed by atoms with Crippen LogP contribution in [0.2, 0.25) is 0 Å². The van der Waals surface area contributed by atoms with Crippen LogP contribution in [0.25, 0.3) is 11.3 Å². The van der Waals surface area contributed by atoms with Crippen molar-refractivity contribution in [2.24, 2.45) is 0 Å². The van der Waals surface area contributed by atoms with Gasteiger partial charge in [0.25, 0.3) is 10.1 Å². The lowest BCUT2D eigenvalue weighted by molar-refractivity contribution is -0.254. The summed E-state index contributed by atoms with van der Waals surface area (Å²) in [6.07, 6.45) is -5.90. The standard InChI is InChI=1S/C13H14O9S/c14-8-9(15)12(22-13(10(8)16)23(17,18)19)21-7-4-3-6-2-1-5-20-11(6)7/h1-5,8-10,12-16H,(H,17,18,19)/t8-,9-,10+,12-,13?/m1/s1. The summed E-state index contributed by atoms with van der Waals surface area (Å²) in [5.41, 5.74) is -1.45. The average Bonchev–Trinajstić information content (AvgIpc) is 2.90. The molecule has 0 spiro atoms. The number of ether oxygens (including phenoxy) is 2. The molecular formula is C13H14O9S. The molecule has 1 fully saturated rings. The van der Waals surface area contributed by atoms with Gasteiger partial charge in [-0.15, -0.1) is 0 Å². The first-order valence-corrected chi connectivity index (χ1v) is 8.08. The summed E-state index contributed by atoms with van der Waals surface area (Å²) in [6, 6.07) is 6.56. The molecule has 0 saturated carbocycles. The molecule has 5 atom stereocenters. The minimum atomic E-state index is -4.83. The molecule has 126 valence electrons. The van der Waals surface area contributed by atoms with Gasteiger partial charge < -0.3 is 29.2 Å². The van der Waals surface area contributed by atoms with E-state index in [1.807, 2.05) is 0 Å². The molecule has 1 unspecified atom stereocenters. The normalized spacial score (nSPS) is 32.1. The van der Waals surface area contributed by atoms with Gasteiger partial charge in [0, 0.05) is 5.56 Å². The lowest BCUT2D eigenvalue weighted by Crippen LogP contribution is -2.61. The molecule has 0 aromatic carbocycles. The Kier molecular flexibility index (Phi) is 4.04. The van der Waals surface area contributed by atoms with E-state index in [1.165, 1.54) is 12.3 Å². The van der Waals surface area contributed by atoms with E-state index in [0.717, 1.165) is 0 Å². The Labute approximate surface area is 130 Å². The molecule has 0 radical (unpaired) electrons. The van der Waals surface area contributed by atoms with Crippen LogP contribution in [0.1, 0.15) is 0 Å². The maximum Gasteiger partial charge on any atom is 0.295 e. The Bertz CT molecular complexity index is 755. The van der Waals surface area contributed by atoms with Crippen LogP contribution < -0.4 is 4.74 Å². The number of rotatable bonds is 3. The second kappa shape index (κ2) is 5.74. The van der Waals surface area contributed by atoms with E-state index in [1.54, 1.807) is 18.2 Å². The van der Waals surface area contributed by atoms with Crippen LogP contribution >= 0.6 is 0 Å². The van der Waals surface area contributed by atoms with Gasteiger partial charge in [0.15, 0.2) is 11.5 Å². The summed E-state index contributed by atoms with van der Waals surface area (Å²) in [5.74, 6) is 0.467. The number of aliphatic hydroxyl groups excluding tert-OH is 3. The molecule has 0 bridgehead atoms. The molecular weight excluding hydrogens is 332 g/mol. The van der Waals surface area contributed by atoms with Crippen LogP contribution in [-0.2, 0) is 14.9 Å². The van der Waals surface area contributed by atoms with Gasteiger partial charge in [0.2, 0.25) is 11.7 Å². The number of hydrogen-bond donors (Lipinski definition) is 4. The second-order valence-electron chi connectivity index (χ2n) is 5.07. The molecule has 0 aromatic rings. The van der Waals surface area contributed by atoms with E-state index in [-0.39, 0.29) is 5.75 Å². The minimum Gasteiger partial charge on any atom is -0.460 e. The van der Waals surface area contributed by atoms with E-state index in [4.69, 9.17) is 18.4 Å². The Balaban J connectivity index is 1.87. The predicted molar refractivity (Wildman–Crippen MR) is 74.2 cm³/mol. The van der Waals surface area contributed by atoms with E-state index >= 15 is 0 Å². The highest BCUT2D eigenvalue weighted by Gasteiger charge is 2.50. The van der Waals surface area contributed by atoms with Crippen LogP contribution in [0.4, 0.5) is 0 Å². The smallest absolute Gasteiger partial charge is 0.295 e. The van der Waals surface area contributed by atoms with Crippen molar-refractivity contribution in [3.63, 3.8) is 0 Å². The first kappa shape index (κ1) is 16.2. The van der Waals surface area contributed by atoms with Gasteiger partial charge >= 0.3 is 0 Å². The van der Waals surface area contributed by atoms with Crippen LogP contribution in [0.15, 0.2) is 34.9 Å². The summed E-state index contributed by atoms with van der Waals surface area (Å²) in [7, 11) is -4.83. The van der Waals surface area contributed by atoms with Crippen LogP contribution in [0.3, 0.4) is 0 Å². The predicted octanol–water partition coefficient (Wildman–Crippen LogP) is -0.584. The van der Waals surface area contributed by atoms with Crippen molar-refractivity contribution in [2.45, 2.75) is 30.0 Å². The summed E-state index contributed by atoms with van der Waals surface area (Å²) in [4.78, 5) is 0. The van der Waals surface area contributed by atoms with Gasteiger partial charge in [0.1, 0.15) is 18.3 Å². The lowest BCUT2D eigenvalue weighted by atomic mass is 10.1. The molecule has 3 aliphatic rings. The third-order valence-corrected chi connectivity index (χ3v) is 4.48. The highest BCUT2D eigenvalue weighted by molar-refractivity contribution is 7.86. The molecule has 23 heavy (non-hydrogen) atoms. The molecule has 1 saturated heterocycles. The lowest BCUT2D eigenvalue weighted by Gasteiger charge is -2.38. The molecule has 2 heterocycles. The van der Waals surface area contributed by atoms with Gasteiger partial charge in [-0.2, -0.15) is 8.42 Å². The number of fused-ring (bicyclic) bond motifs is 1. The van der Waals surface area contributed by atoms with Gasteiger partial charge in [-0.1, -0.05) is 0 Å². The summed E-state index contributed by atoms with van der Waals surface area (Å²) < 4.78 is 47.0. The zero-order chi connectivity index (χ0) is 16.8. The van der Waals surface area contributed by atoms with Crippen molar-refractivity contribution in [1.29, 1.82) is 0 Å². The molecule has 1 aliphatic carbocycles. The molecule has 10 heteroatoms. The first-order chi connectivity index (χ1) is 10.8. The maximum atomic E-state index is 11.2. The molecule has 3 rings (SSSR count). The average molecular weight is 346 g/mol. The van der Waals surface area contributed by atoms with Crippen molar-refractivity contribution in [1.82, 2.24) is 0 Å². The van der Waals surface area contributed by atoms with Crippen molar-refractivity contribution in [2.75, 3.05) is 0 Å². The van der Waals surface area contributed by atoms with Crippen LogP contribution in [0.5, 0.6) is 5.75 Å². The van der Waals surface area contributed by atoms with Crippen molar-refractivity contribution in [3.8, 4) is 17.1 Å². The van der Waals surface area contributed by atoms with Gasteiger partial charge in [0.05, 0.1) is 6.26 Å². The van der Waals surface area contributed by atoms with Gasteiger partial charge in [-0.25, -0.2) is 0 Å². The van der Waals surface area contributed by atoms with Gasteiger partial charge in [-0.3, -0.25) is 4.55 Å². The SMILES string of the molecule is O=S(=O)(O)C1O[C@@H](Oc2ccc3cccoc2-3)[C@H](O)[C@@H](O)[C@@H]1O. The zero-order valence-electron chi connectivity index (χ0n) is 11.5. The fourth-order valence-electron chi connectivity index (χ4n) is 2.35. The third kappa shape index (κ3) is 2.92. The quantitative estimate of drug-likeness (QED) is 0.536. The topological polar surface area (TPSA) is 147 Å². The molecule has 9 nitrogen and oxygen atoms in total. The molecule has 4 N–H and O–H groups in total. The van der Waals surface area contributed by atoms with E-state index in [0.29, 0.717) is 11.3 Å². The number of hydrogen-bond acceptors (Lipinski definition) is 8. The monoisotopic (exact) mass is 346 g/mol.